The number of halogens is 1. The summed E-state index contributed by atoms with van der Waals surface area (Å²) in [6.45, 7) is 0.490. The predicted molar refractivity (Wildman–Crippen MR) is 58.8 cm³/mol. The number of nitrogens with two attached hydrogens (primary N) is 1. The minimum absolute atomic E-state index is 0.00816. The smallest absolute Gasteiger partial charge is 0.223 e. The van der Waals surface area contributed by atoms with E-state index in [9.17, 15) is 4.79 Å². The number of terminal acetylenes is 1. The second-order valence-electron chi connectivity index (χ2n) is 2.63. The van der Waals surface area contributed by atoms with Gasteiger partial charge in [-0.25, -0.2) is 4.98 Å². The van der Waals surface area contributed by atoms with Crippen LogP contribution in [0.1, 0.15) is 16.8 Å². The zero-order valence-corrected chi connectivity index (χ0v) is 8.58. The molecule has 0 atom stereocenters. The van der Waals surface area contributed by atoms with Gasteiger partial charge in [-0.15, -0.1) is 12.3 Å². The van der Waals surface area contributed by atoms with Crippen LogP contribution >= 0.6 is 11.6 Å². The molecule has 0 amide bonds. The average molecular weight is 225 g/mol. The number of nitrogen functional groups attached to an aromatic ring is 1. The summed E-state index contributed by atoms with van der Waals surface area (Å²) in [6, 6.07) is 0. The number of anilines is 2. The van der Waals surface area contributed by atoms with Crippen LogP contribution in [0.15, 0.2) is 0 Å². The van der Waals surface area contributed by atoms with E-state index in [1.807, 2.05) is 0 Å². The lowest BCUT2D eigenvalue weighted by molar-refractivity contribution is 0.112. The SMILES string of the molecule is C#CCCNc1nc(N)nc(Cl)c1C=O. The highest BCUT2D eigenvalue weighted by atomic mass is 35.5. The Morgan fingerprint density at radius 1 is 1.60 bits per heavy atom. The fourth-order valence-electron chi connectivity index (χ4n) is 0.951. The van der Waals surface area contributed by atoms with Crippen molar-refractivity contribution in [3.8, 4) is 12.3 Å². The summed E-state index contributed by atoms with van der Waals surface area (Å²) in [5.41, 5.74) is 5.57. The Kier molecular flexibility index (Phi) is 3.89. The largest absolute Gasteiger partial charge is 0.368 e. The molecule has 0 saturated heterocycles. The third-order valence-electron chi connectivity index (χ3n) is 1.60. The van der Waals surface area contributed by atoms with Crippen molar-refractivity contribution in [2.75, 3.05) is 17.6 Å². The van der Waals surface area contributed by atoms with Crippen LogP contribution in [0.25, 0.3) is 0 Å². The molecule has 3 N–H and O–H groups in total. The molecular weight excluding hydrogens is 216 g/mol. The first-order chi connectivity index (χ1) is 7.19. The van der Waals surface area contributed by atoms with Gasteiger partial charge < -0.3 is 11.1 Å². The average Bonchev–Trinajstić information content (AvgIpc) is 2.17. The highest BCUT2D eigenvalue weighted by Gasteiger charge is 2.10. The topological polar surface area (TPSA) is 80.9 Å². The van der Waals surface area contributed by atoms with Gasteiger partial charge in [0, 0.05) is 13.0 Å². The molecule has 0 aromatic carbocycles. The third kappa shape index (κ3) is 2.82. The van der Waals surface area contributed by atoms with E-state index >= 15 is 0 Å². The summed E-state index contributed by atoms with van der Waals surface area (Å²) in [7, 11) is 0. The number of nitrogens with zero attached hydrogens (tertiary/aromatic N) is 2. The molecule has 1 aromatic heterocycles. The van der Waals surface area contributed by atoms with Gasteiger partial charge in [0.15, 0.2) is 6.29 Å². The van der Waals surface area contributed by atoms with Gasteiger partial charge in [0.1, 0.15) is 11.0 Å². The predicted octanol–water partition coefficient (Wildman–Crippen LogP) is 0.960. The quantitative estimate of drug-likeness (QED) is 0.345. The zero-order valence-electron chi connectivity index (χ0n) is 7.83. The first-order valence-electron chi connectivity index (χ1n) is 4.14. The maximum Gasteiger partial charge on any atom is 0.223 e. The molecule has 0 radical (unpaired) electrons. The van der Waals surface area contributed by atoms with Crippen LogP contribution in [0.4, 0.5) is 11.8 Å². The molecule has 1 heterocycles. The van der Waals surface area contributed by atoms with Gasteiger partial charge in [-0.1, -0.05) is 11.6 Å². The Balaban J connectivity index is 2.94. The second kappa shape index (κ2) is 5.17. The van der Waals surface area contributed by atoms with Crippen molar-refractivity contribution >= 4 is 29.7 Å². The molecule has 0 aliphatic carbocycles. The molecule has 6 heteroatoms. The molecule has 0 aliphatic heterocycles. The van der Waals surface area contributed by atoms with Crippen LogP contribution in [-0.2, 0) is 0 Å². The molecule has 15 heavy (non-hydrogen) atoms. The second-order valence-corrected chi connectivity index (χ2v) is 2.99. The monoisotopic (exact) mass is 224 g/mol. The molecule has 78 valence electrons. The van der Waals surface area contributed by atoms with E-state index in [-0.39, 0.29) is 16.7 Å². The standard InChI is InChI=1S/C9H9ClN4O/c1-2-3-4-12-8-6(5-15)7(10)13-9(11)14-8/h1,5H,3-4H2,(H3,11,12,13,14). The highest BCUT2D eigenvalue weighted by Crippen LogP contribution is 2.19. The highest BCUT2D eigenvalue weighted by molar-refractivity contribution is 6.32. The van der Waals surface area contributed by atoms with Crippen LogP contribution in [-0.4, -0.2) is 22.8 Å². The first-order valence-corrected chi connectivity index (χ1v) is 4.52. The summed E-state index contributed by atoms with van der Waals surface area (Å²) >= 11 is 5.70. The molecule has 1 rings (SSSR count). The number of hydrogen-bond acceptors (Lipinski definition) is 5. The Morgan fingerprint density at radius 2 is 2.33 bits per heavy atom. The van der Waals surface area contributed by atoms with Crippen LogP contribution in [0, 0.1) is 12.3 Å². The van der Waals surface area contributed by atoms with E-state index in [0.29, 0.717) is 25.1 Å². The normalized spacial score (nSPS) is 9.33. The van der Waals surface area contributed by atoms with Crippen molar-refractivity contribution in [1.82, 2.24) is 9.97 Å². The molecule has 0 spiro atoms. The lowest BCUT2D eigenvalue weighted by atomic mass is 10.3. The van der Waals surface area contributed by atoms with E-state index < -0.39 is 0 Å². The van der Waals surface area contributed by atoms with Crippen LogP contribution < -0.4 is 11.1 Å². The van der Waals surface area contributed by atoms with E-state index in [0.717, 1.165) is 0 Å². The molecule has 1 aromatic rings. The van der Waals surface area contributed by atoms with Crippen molar-refractivity contribution in [1.29, 1.82) is 0 Å². The van der Waals surface area contributed by atoms with E-state index in [1.165, 1.54) is 0 Å². The van der Waals surface area contributed by atoms with E-state index in [4.69, 9.17) is 23.8 Å². The fraction of sp³-hybridized carbons (Fsp3) is 0.222. The van der Waals surface area contributed by atoms with Gasteiger partial charge in [0.2, 0.25) is 5.95 Å². The Morgan fingerprint density at radius 3 is 2.93 bits per heavy atom. The minimum Gasteiger partial charge on any atom is -0.368 e. The van der Waals surface area contributed by atoms with Gasteiger partial charge in [0.25, 0.3) is 0 Å². The Labute approximate surface area is 92.0 Å². The van der Waals surface area contributed by atoms with Crippen molar-refractivity contribution in [3.63, 3.8) is 0 Å². The maximum absolute atomic E-state index is 10.7. The zero-order chi connectivity index (χ0) is 11.3. The van der Waals surface area contributed by atoms with Crippen molar-refractivity contribution in [2.45, 2.75) is 6.42 Å². The van der Waals surface area contributed by atoms with Crippen LogP contribution in [0.2, 0.25) is 5.15 Å². The molecular formula is C9H9ClN4O. The first kappa shape index (κ1) is 11.3. The lowest BCUT2D eigenvalue weighted by Crippen LogP contribution is -2.09. The molecule has 0 fully saturated rings. The third-order valence-corrected chi connectivity index (χ3v) is 1.88. The number of carbonyl (C=O) groups is 1. The van der Waals surface area contributed by atoms with Crippen molar-refractivity contribution in [3.05, 3.63) is 10.7 Å². The van der Waals surface area contributed by atoms with Gasteiger partial charge in [0.05, 0.1) is 5.56 Å². The minimum atomic E-state index is 0.00816. The van der Waals surface area contributed by atoms with Crippen molar-refractivity contribution in [2.24, 2.45) is 0 Å². The van der Waals surface area contributed by atoms with Gasteiger partial charge in [-0.05, 0) is 0 Å². The lowest BCUT2D eigenvalue weighted by Gasteiger charge is -2.07. The summed E-state index contributed by atoms with van der Waals surface area (Å²) in [6.07, 6.45) is 6.16. The van der Waals surface area contributed by atoms with Crippen LogP contribution in [0.3, 0.4) is 0 Å². The number of carbonyl (C=O) groups excluding carboxylic acids is 1. The van der Waals surface area contributed by atoms with Gasteiger partial charge in [-0.2, -0.15) is 4.98 Å². The number of hydrogen-bond donors (Lipinski definition) is 2. The summed E-state index contributed by atoms with van der Waals surface area (Å²) < 4.78 is 0. The molecule has 5 nitrogen and oxygen atoms in total. The molecule has 0 saturated carbocycles. The molecule has 0 unspecified atom stereocenters. The van der Waals surface area contributed by atoms with E-state index in [2.05, 4.69) is 21.2 Å². The molecule has 0 aliphatic rings. The fourth-order valence-corrected chi connectivity index (χ4v) is 1.17. The maximum atomic E-state index is 10.7. The summed E-state index contributed by atoms with van der Waals surface area (Å²) in [5, 5.41) is 2.89. The molecule has 0 bridgehead atoms. The summed E-state index contributed by atoms with van der Waals surface area (Å²) in [4.78, 5) is 18.2. The number of aldehydes is 1. The van der Waals surface area contributed by atoms with Gasteiger partial charge >= 0.3 is 0 Å². The Bertz CT molecular complexity index is 413. The number of rotatable bonds is 4. The number of aromatic nitrogens is 2. The summed E-state index contributed by atoms with van der Waals surface area (Å²) in [5.74, 6) is 2.76. The van der Waals surface area contributed by atoms with Crippen molar-refractivity contribution < 1.29 is 4.79 Å². The Hall–Kier alpha value is -1.80. The van der Waals surface area contributed by atoms with E-state index in [1.54, 1.807) is 0 Å². The van der Waals surface area contributed by atoms with Gasteiger partial charge in [-0.3, -0.25) is 4.79 Å². The number of nitrogens with one attached hydrogen (secondary N) is 1. The van der Waals surface area contributed by atoms with Crippen LogP contribution in [0.5, 0.6) is 0 Å².